The highest BCUT2D eigenvalue weighted by Crippen LogP contribution is 2.28. The maximum absolute atomic E-state index is 12.1. The van der Waals surface area contributed by atoms with Gasteiger partial charge in [0.1, 0.15) is 0 Å². The van der Waals surface area contributed by atoms with Crippen LogP contribution in [0, 0.1) is 13.8 Å². The molecule has 0 saturated heterocycles. The monoisotopic (exact) mass is 288 g/mol. The quantitative estimate of drug-likeness (QED) is 0.846. The Bertz CT molecular complexity index is 633. The van der Waals surface area contributed by atoms with Gasteiger partial charge in [-0.15, -0.1) is 0 Å². The van der Waals surface area contributed by atoms with Gasteiger partial charge in [0.05, 0.1) is 22.8 Å². The number of hydrogen-bond donors (Lipinski definition) is 2. The Morgan fingerprint density at radius 2 is 2.00 bits per heavy atom. The van der Waals surface area contributed by atoms with Crippen LogP contribution in [0.5, 0.6) is 0 Å². The third-order valence-electron chi connectivity index (χ3n) is 3.17. The van der Waals surface area contributed by atoms with Gasteiger partial charge in [0, 0.05) is 0 Å². The second-order valence-electron chi connectivity index (χ2n) is 4.86. The number of halogens is 1. The van der Waals surface area contributed by atoms with Gasteiger partial charge >= 0.3 is 0 Å². The summed E-state index contributed by atoms with van der Waals surface area (Å²) < 4.78 is 0. The summed E-state index contributed by atoms with van der Waals surface area (Å²) >= 11 is 6.04. The molecule has 0 aromatic heterocycles. The first-order chi connectivity index (χ1) is 9.47. The molecule has 104 valence electrons. The lowest BCUT2D eigenvalue weighted by Gasteiger charge is -2.11. The molecular formula is C16H17ClN2O. The summed E-state index contributed by atoms with van der Waals surface area (Å²) in [6, 6.07) is 11.2. The lowest BCUT2D eigenvalue weighted by atomic mass is 10.0. The van der Waals surface area contributed by atoms with Crippen LogP contribution in [0.2, 0.25) is 5.02 Å². The maximum atomic E-state index is 12.1. The van der Waals surface area contributed by atoms with Gasteiger partial charge in [-0.3, -0.25) is 4.79 Å². The van der Waals surface area contributed by atoms with Crippen LogP contribution in [0.25, 0.3) is 0 Å². The molecule has 1 amide bonds. The van der Waals surface area contributed by atoms with Gasteiger partial charge in [-0.25, -0.2) is 0 Å². The minimum absolute atomic E-state index is 0.126. The molecule has 4 heteroatoms. The summed E-state index contributed by atoms with van der Waals surface area (Å²) in [7, 11) is 0. The van der Waals surface area contributed by atoms with Crippen molar-refractivity contribution in [3.05, 3.63) is 58.1 Å². The predicted octanol–water partition coefficient (Wildman–Crippen LogP) is 3.72. The van der Waals surface area contributed by atoms with Crippen molar-refractivity contribution >= 4 is 28.9 Å². The zero-order valence-electron chi connectivity index (χ0n) is 11.5. The van der Waals surface area contributed by atoms with Crippen LogP contribution in [0.3, 0.4) is 0 Å². The fraction of sp³-hybridized carbons (Fsp3) is 0.188. The van der Waals surface area contributed by atoms with Crippen molar-refractivity contribution in [2.75, 3.05) is 11.1 Å². The van der Waals surface area contributed by atoms with Crippen LogP contribution in [-0.2, 0) is 11.2 Å². The first-order valence-electron chi connectivity index (χ1n) is 6.37. The van der Waals surface area contributed by atoms with Crippen LogP contribution in [0.1, 0.15) is 16.7 Å². The zero-order valence-corrected chi connectivity index (χ0v) is 12.3. The number of hydrogen-bond acceptors (Lipinski definition) is 2. The van der Waals surface area contributed by atoms with Crippen LogP contribution >= 0.6 is 11.6 Å². The zero-order chi connectivity index (χ0) is 14.7. The molecule has 0 radical (unpaired) electrons. The van der Waals surface area contributed by atoms with E-state index in [1.54, 1.807) is 18.2 Å². The van der Waals surface area contributed by atoms with Crippen molar-refractivity contribution in [3.8, 4) is 0 Å². The van der Waals surface area contributed by atoms with Crippen LogP contribution < -0.4 is 11.1 Å². The summed E-state index contributed by atoms with van der Waals surface area (Å²) in [4.78, 5) is 12.1. The van der Waals surface area contributed by atoms with Gasteiger partial charge in [0.25, 0.3) is 0 Å². The minimum Gasteiger partial charge on any atom is -0.397 e. The number of benzene rings is 2. The van der Waals surface area contributed by atoms with Crippen molar-refractivity contribution in [1.82, 2.24) is 0 Å². The summed E-state index contributed by atoms with van der Waals surface area (Å²) in [5, 5.41) is 3.22. The fourth-order valence-corrected chi connectivity index (χ4v) is 2.25. The number of carbonyl (C=O) groups is 1. The Morgan fingerprint density at radius 3 is 2.70 bits per heavy atom. The molecule has 0 spiro atoms. The number of amides is 1. The molecule has 0 bridgehead atoms. The fourth-order valence-electron chi connectivity index (χ4n) is 2.02. The first kappa shape index (κ1) is 14.4. The highest BCUT2D eigenvalue weighted by atomic mass is 35.5. The Labute approximate surface area is 123 Å². The summed E-state index contributed by atoms with van der Waals surface area (Å²) in [5.74, 6) is -0.126. The van der Waals surface area contributed by atoms with E-state index in [0.717, 1.165) is 16.7 Å². The Hall–Kier alpha value is -2.00. The van der Waals surface area contributed by atoms with Gasteiger partial charge < -0.3 is 11.1 Å². The number of nitrogens with one attached hydrogen (secondary N) is 1. The molecule has 0 aliphatic carbocycles. The number of nitrogens with two attached hydrogens (primary N) is 1. The summed E-state index contributed by atoms with van der Waals surface area (Å²) in [6.45, 7) is 4.00. The molecule has 3 N–H and O–H groups in total. The minimum atomic E-state index is -0.126. The Kier molecular flexibility index (Phi) is 4.30. The van der Waals surface area contributed by atoms with Crippen LogP contribution in [0.4, 0.5) is 11.4 Å². The van der Waals surface area contributed by atoms with E-state index in [4.69, 9.17) is 17.3 Å². The summed E-state index contributed by atoms with van der Waals surface area (Å²) in [6.07, 6.45) is 0.304. The molecule has 0 heterocycles. The molecule has 3 nitrogen and oxygen atoms in total. The van der Waals surface area contributed by atoms with Gasteiger partial charge in [-0.1, -0.05) is 41.4 Å². The highest BCUT2D eigenvalue weighted by Gasteiger charge is 2.10. The van der Waals surface area contributed by atoms with Gasteiger partial charge in [-0.2, -0.15) is 0 Å². The number of rotatable bonds is 3. The largest absolute Gasteiger partial charge is 0.397 e. The topological polar surface area (TPSA) is 55.1 Å². The van der Waals surface area contributed by atoms with E-state index in [9.17, 15) is 4.79 Å². The lowest BCUT2D eigenvalue weighted by molar-refractivity contribution is -0.115. The van der Waals surface area contributed by atoms with Crippen molar-refractivity contribution in [2.45, 2.75) is 20.3 Å². The second-order valence-corrected chi connectivity index (χ2v) is 5.27. The number of aryl methyl sites for hydroxylation is 2. The Morgan fingerprint density at radius 1 is 1.25 bits per heavy atom. The van der Waals surface area contributed by atoms with Crippen molar-refractivity contribution in [3.63, 3.8) is 0 Å². The van der Waals surface area contributed by atoms with E-state index in [0.29, 0.717) is 22.8 Å². The van der Waals surface area contributed by atoms with E-state index >= 15 is 0 Å². The molecule has 0 atom stereocenters. The SMILES string of the molecule is Cc1ccc(C)c(CC(=O)Nc2c(N)cccc2Cl)c1. The average molecular weight is 289 g/mol. The van der Waals surface area contributed by atoms with Gasteiger partial charge in [0.15, 0.2) is 0 Å². The molecule has 0 saturated carbocycles. The van der Waals surface area contributed by atoms with Crippen molar-refractivity contribution in [2.24, 2.45) is 0 Å². The molecule has 0 aliphatic heterocycles. The second kappa shape index (κ2) is 5.97. The molecule has 20 heavy (non-hydrogen) atoms. The molecule has 0 fully saturated rings. The third-order valence-corrected chi connectivity index (χ3v) is 3.48. The Balaban J connectivity index is 2.15. The predicted molar refractivity (Wildman–Crippen MR) is 84.1 cm³/mol. The maximum Gasteiger partial charge on any atom is 0.228 e. The average Bonchev–Trinajstić information content (AvgIpc) is 2.38. The molecule has 0 unspecified atom stereocenters. The smallest absolute Gasteiger partial charge is 0.228 e. The number of carbonyl (C=O) groups excluding carboxylic acids is 1. The van der Waals surface area contributed by atoms with E-state index in [-0.39, 0.29) is 5.91 Å². The third kappa shape index (κ3) is 3.31. The number of para-hydroxylation sites is 1. The first-order valence-corrected chi connectivity index (χ1v) is 6.75. The van der Waals surface area contributed by atoms with Gasteiger partial charge in [-0.05, 0) is 37.1 Å². The van der Waals surface area contributed by atoms with Crippen LogP contribution in [-0.4, -0.2) is 5.91 Å². The van der Waals surface area contributed by atoms with E-state index in [2.05, 4.69) is 5.32 Å². The molecule has 2 rings (SSSR count). The standard InChI is InChI=1S/C16H17ClN2O/c1-10-6-7-11(2)12(8-10)9-15(20)19-16-13(17)4-3-5-14(16)18/h3-8H,9,18H2,1-2H3,(H,19,20). The van der Waals surface area contributed by atoms with E-state index in [1.807, 2.05) is 32.0 Å². The van der Waals surface area contributed by atoms with E-state index in [1.165, 1.54) is 0 Å². The number of nitrogen functional groups attached to an aromatic ring is 1. The molecular weight excluding hydrogens is 272 g/mol. The molecule has 0 aliphatic rings. The van der Waals surface area contributed by atoms with Crippen molar-refractivity contribution in [1.29, 1.82) is 0 Å². The van der Waals surface area contributed by atoms with Crippen LogP contribution in [0.15, 0.2) is 36.4 Å². The normalized spacial score (nSPS) is 10.3. The van der Waals surface area contributed by atoms with E-state index < -0.39 is 0 Å². The number of anilines is 2. The lowest BCUT2D eigenvalue weighted by Crippen LogP contribution is -2.16. The van der Waals surface area contributed by atoms with Crippen molar-refractivity contribution < 1.29 is 4.79 Å². The highest BCUT2D eigenvalue weighted by molar-refractivity contribution is 6.34. The summed E-state index contributed by atoms with van der Waals surface area (Å²) in [5.41, 5.74) is 10.00. The molecule has 2 aromatic carbocycles. The van der Waals surface area contributed by atoms with Gasteiger partial charge in [0.2, 0.25) is 5.91 Å². The molecule has 2 aromatic rings.